The Bertz CT molecular complexity index is 690. The molecule has 0 saturated carbocycles. The number of nitrogens with one attached hydrogen (secondary N) is 1. The maximum absolute atomic E-state index is 4.02. The number of aryl methyl sites for hydroxylation is 1. The van der Waals surface area contributed by atoms with E-state index in [1.807, 2.05) is 43.4 Å². The number of benzene rings is 2. The van der Waals surface area contributed by atoms with Gasteiger partial charge in [0.2, 0.25) is 0 Å². The molecule has 0 bridgehead atoms. The second-order valence-electron chi connectivity index (χ2n) is 4.55. The Balaban J connectivity index is 1.77. The number of nitrogens with zero attached hydrogens (tertiary/aromatic N) is 4. The van der Waals surface area contributed by atoms with Crippen LogP contribution in [-0.2, 0) is 13.6 Å². The summed E-state index contributed by atoms with van der Waals surface area (Å²) >= 11 is 0. The highest BCUT2D eigenvalue weighted by Gasteiger charge is 2.05. The smallest absolute Gasteiger partial charge is 0.181 e. The standard InChI is InChI=1S/C15H15N5/c1-20-15(17-18-19-20)13-8-5-9-14(10-13)16-11-12-6-3-2-4-7-12/h2-10,16H,11H2,1H3. The van der Waals surface area contributed by atoms with Crippen LogP contribution >= 0.6 is 0 Å². The Morgan fingerprint density at radius 1 is 1.05 bits per heavy atom. The predicted molar refractivity (Wildman–Crippen MR) is 78.0 cm³/mol. The molecule has 0 aliphatic carbocycles. The summed E-state index contributed by atoms with van der Waals surface area (Å²) in [5, 5.41) is 14.9. The van der Waals surface area contributed by atoms with Gasteiger partial charge in [-0.3, -0.25) is 0 Å². The lowest BCUT2D eigenvalue weighted by Crippen LogP contribution is -2.00. The van der Waals surface area contributed by atoms with Gasteiger partial charge in [-0.1, -0.05) is 42.5 Å². The number of tetrazole rings is 1. The van der Waals surface area contributed by atoms with E-state index in [-0.39, 0.29) is 0 Å². The number of hydrogen-bond donors (Lipinski definition) is 1. The molecule has 0 saturated heterocycles. The Morgan fingerprint density at radius 3 is 2.65 bits per heavy atom. The van der Waals surface area contributed by atoms with E-state index in [2.05, 4.69) is 39.0 Å². The first kappa shape index (κ1) is 12.3. The Labute approximate surface area is 117 Å². The minimum absolute atomic E-state index is 0.758. The molecule has 20 heavy (non-hydrogen) atoms. The lowest BCUT2D eigenvalue weighted by Gasteiger charge is -2.08. The Morgan fingerprint density at radius 2 is 1.90 bits per heavy atom. The summed E-state index contributed by atoms with van der Waals surface area (Å²) in [5.74, 6) is 0.758. The van der Waals surface area contributed by atoms with Crippen LogP contribution in [0.1, 0.15) is 5.56 Å². The molecule has 1 aromatic heterocycles. The molecule has 0 aliphatic heterocycles. The number of hydrogen-bond acceptors (Lipinski definition) is 4. The third kappa shape index (κ3) is 2.66. The van der Waals surface area contributed by atoms with Gasteiger partial charge in [-0.25, -0.2) is 4.68 Å². The minimum atomic E-state index is 0.758. The highest BCUT2D eigenvalue weighted by atomic mass is 15.5. The first-order valence-corrected chi connectivity index (χ1v) is 6.43. The molecule has 1 N–H and O–H groups in total. The summed E-state index contributed by atoms with van der Waals surface area (Å²) in [4.78, 5) is 0. The van der Waals surface area contributed by atoms with E-state index in [0.29, 0.717) is 0 Å². The van der Waals surface area contributed by atoms with Crippen molar-refractivity contribution in [2.45, 2.75) is 6.54 Å². The van der Waals surface area contributed by atoms with E-state index in [1.54, 1.807) is 4.68 Å². The highest BCUT2D eigenvalue weighted by molar-refractivity contribution is 5.62. The van der Waals surface area contributed by atoms with E-state index in [9.17, 15) is 0 Å². The van der Waals surface area contributed by atoms with Gasteiger partial charge in [-0.15, -0.1) is 5.10 Å². The van der Waals surface area contributed by atoms with Crippen LogP contribution in [0.2, 0.25) is 0 Å². The summed E-state index contributed by atoms with van der Waals surface area (Å²) in [6, 6.07) is 18.4. The molecule has 0 spiro atoms. The third-order valence-electron chi connectivity index (χ3n) is 3.08. The second kappa shape index (κ2) is 5.52. The van der Waals surface area contributed by atoms with Crippen LogP contribution in [0, 0.1) is 0 Å². The van der Waals surface area contributed by atoms with Gasteiger partial charge in [-0.2, -0.15) is 0 Å². The quantitative estimate of drug-likeness (QED) is 0.787. The molecule has 0 radical (unpaired) electrons. The molecule has 0 unspecified atom stereocenters. The minimum Gasteiger partial charge on any atom is -0.381 e. The van der Waals surface area contributed by atoms with Gasteiger partial charge in [0.1, 0.15) is 0 Å². The van der Waals surface area contributed by atoms with Crippen molar-refractivity contribution in [2.24, 2.45) is 7.05 Å². The zero-order valence-corrected chi connectivity index (χ0v) is 11.2. The molecular formula is C15H15N5. The molecule has 1 heterocycles. The fraction of sp³-hybridized carbons (Fsp3) is 0.133. The van der Waals surface area contributed by atoms with E-state index in [1.165, 1.54) is 5.56 Å². The highest BCUT2D eigenvalue weighted by Crippen LogP contribution is 2.19. The molecule has 5 heteroatoms. The van der Waals surface area contributed by atoms with Crippen LogP contribution in [0.5, 0.6) is 0 Å². The molecule has 5 nitrogen and oxygen atoms in total. The van der Waals surface area contributed by atoms with Gasteiger partial charge in [0.25, 0.3) is 0 Å². The lowest BCUT2D eigenvalue weighted by molar-refractivity contribution is 0.714. The molecule has 3 aromatic rings. The monoisotopic (exact) mass is 265 g/mol. The van der Waals surface area contributed by atoms with Gasteiger partial charge < -0.3 is 5.32 Å². The van der Waals surface area contributed by atoms with Crippen molar-refractivity contribution in [3.63, 3.8) is 0 Å². The van der Waals surface area contributed by atoms with Crippen molar-refractivity contribution in [3.05, 3.63) is 60.2 Å². The van der Waals surface area contributed by atoms with Gasteiger partial charge in [-0.05, 0) is 28.1 Å². The number of aromatic nitrogens is 4. The van der Waals surface area contributed by atoms with Gasteiger partial charge >= 0.3 is 0 Å². The molecule has 0 aliphatic rings. The summed E-state index contributed by atoms with van der Waals surface area (Å²) in [5.41, 5.74) is 3.29. The van der Waals surface area contributed by atoms with Crippen molar-refractivity contribution < 1.29 is 0 Å². The summed E-state index contributed by atoms with van der Waals surface area (Å²) in [6.45, 7) is 0.793. The maximum Gasteiger partial charge on any atom is 0.181 e. The molecule has 0 atom stereocenters. The normalized spacial score (nSPS) is 10.4. The predicted octanol–water partition coefficient (Wildman–Crippen LogP) is 2.49. The van der Waals surface area contributed by atoms with E-state index in [0.717, 1.165) is 23.6 Å². The van der Waals surface area contributed by atoms with Crippen molar-refractivity contribution in [1.82, 2.24) is 20.2 Å². The number of anilines is 1. The van der Waals surface area contributed by atoms with E-state index < -0.39 is 0 Å². The summed E-state index contributed by atoms with van der Waals surface area (Å²) in [6.07, 6.45) is 0. The zero-order valence-electron chi connectivity index (χ0n) is 11.2. The summed E-state index contributed by atoms with van der Waals surface area (Å²) < 4.78 is 1.66. The van der Waals surface area contributed by atoms with Crippen molar-refractivity contribution in [3.8, 4) is 11.4 Å². The van der Waals surface area contributed by atoms with Crippen LogP contribution in [0.4, 0.5) is 5.69 Å². The summed E-state index contributed by atoms with van der Waals surface area (Å²) in [7, 11) is 1.83. The zero-order chi connectivity index (χ0) is 13.8. The molecule has 2 aromatic carbocycles. The van der Waals surface area contributed by atoms with Gasteiger partial charge in [0.05, 0.1) is 0 Å². The molecule has 3 rings (SSSR count). The molecule has 100 valence electrons. The van der Waals surface area contributed by atoms with E-state index in [4.69, 9.17) is 0 Å². The Hall–Kier alpha value is -2.69. The SMILES string of the molecule is Cn1nnnc1-c1cccc(NCc2ccccc2)c1. The average molecular weight is 265 g/mol. The maximum atomic E-state index is 4.02. The third-order valence-corrected chi connectivity index (χ3v) is 3.08. The van der Waals surface area contributed by atoms with Crippen LogP contribution in [-0.4, -0.2) is 20.2 Å². The first-order chi connectivity index (χ1) is 9.83. The van der Waals surface area contributed by atoms with Crippen LogP contribution < -0.4 is 5.32 Å². The molecule has 0 amide bonds. The van der Waals surface area contributed by atoms with Gasteiger partial charge in [0, 0.05) is 24.8 Å². The Kier molecular flexibility index (Phi) is 3.41. The fourth-order valence-electron chi connectivity index (χ4n) is 2.04. The molecule has 0 fully saturated rings. The topological polar surface area (TPSA) is 55.6 Å². The van der Waals surface area contributed by atoms with Crippen molar-refractivity contribution in [2.75, 3.05) is 5.32 Å². The second-order valence-corrected chi connectivity index (χ2v) is 4.55. The lowest BCUT2D eigenvalue weighted by atomic mass is 10.1. The van der Waals surface area contributed by atoms with Crippen molar-refractivity contribution in [1.29, 1.82) is 0 Å². The average Bonchev–Trinajstić information content (AvgIpc) is 2.93. The van der Waals surface area contributed by atoms with Crippen molar-refractivity contribution >= 4 is 5.69 Å². The van der Waals surface area contributed by atoms with Gasteiger partial charge in [0.15, 0.2) is 5.82 Å². The van der Waals surface area contributed by atoms with E-state index >= 15 is 0 Å². The largest absolute Gasteiger partial charge is 0.381 e. The van der Waals surface area contributed by atoms with Crippen LogP contribution in [0.3, 0.4) is 0 Å². The number of rotatable bonds is 4. The molecular weight excluding hydrogens is 250 g/mol. The fourth-order valence-corrected chi connectivity index (χ4v) is 2.04. The first-order valence-electron chi connectivity index (χ1n) is 6.43. The van der Waals surface area contributed by atoms with Crippen LogP contribution in [0.25, 0.3) is 11.4 Å². The van der Waals surface area contributed by atoms with Crippen LogP contribution in [0.15, 0.2) is 54.6 Å².